The van der Waals surface area contributed by atoms with Crippen LogP contribution in [0.25, 0.3) is 0 Å². The van der Waals surface area contributed by atoms with E-state index in [4.69, 9.17) is 4.74 Å². The van der Waals surface area contributed by atoms with E-state index in [0.29, 0.717) is 31.0 Å². The van der Waals surface area contributed by atoms with Gasteiger partial charge in [0, 0.05) is 18.6 Å². The highest BCUT2D eigenvalue weighted by molar-refractivity contribution is 5.95. The second kappa shape index (κ2) is 5.03. The van der Waals surface area contributed by atoms with E-state index in [1.54, 1.807) is 11.0 Å². The van der Waals surface area contributed by atoms with Crippen molar-refractivity contribution in [2.24, 2.45) is 0 Å². The molecule has 18 heavy (non-hydrogen) atoms. The number of hydrogen-bond acceptors (Lipinski definition) is 4. The van der Waals surface area contributed by atoms with Gasteiger partial charge >= 0.3 is 0 Å². The molecule has 1 aromatic rings. The van der Waals surface area contributed by atoms with Crippen LogP contribution in [-0.2, 0) is 4.79 Å². The number of hydrogen-bond donors (Lipinski definition) is 0. The fourth-order valence-corrected chi connectivity index (χ4v) is 1.93. The second-order valence-electron chi connectivity index (χ2n) is 4.05. The molecule has 0 saturated carbocycles. The molecule has 0 radical (unpaired) electrons. The van der Waals surface area contributed by atoms with Crippen LogP contribution in [0.1, 0.15) is 19.8 Å². The molecule has 2 rings (SSSR count). The summed E-state index contributed by atoms with van der Waals surface area (Å²) >= 11 is 0. The minimum absolute atomic E-state index is 0.0254. The van der Waals surface area contributed by atoms with Crippen LogP contribution < -0.4 is 9.64 Å². The summed E-state index contributed by atoms with van der Waals surface area (Å²) in [4.78, 5) is 23.8. The molecule has 0 atom stereocenters. The number of rotatable bonds is 3. The molecule has 0 N–H and O–H groups in total. The Morgan fingerprint density at radius 1 is 1.56 bits per heavy atom. The van der Waals surface area contributed by atoms with Gasteiger partial charge in [-0.1, -0.05) is 6.92 Å². The monoisotopic (exact) mass is 250 g/mol. The summed E-state index contributed by atoms with van der Waals surface area (Å²) in [7, 11) is 0. The van der Waals surface area contributed by atoms with E-state index in [2.05, 4.69) is 0 Å². The SMILES string of the molecule is CCCC(=O)N1CCOc2ccc([N+](=O)[O-])cc21. The Labute approximate surface area is 104 Å². The zero-order valence-electron chi connectivity index (χ0n) is 10.1. The first-order valence-electron chi connectivity index (χ1n) is 5.85. The fraction of sp³-hybridized carbons (Fsp3) is 0.417. The Kier molecular flexibility index (Phi) is 3.45. The topological polar surface area (TPSA) is 72.7 Å². The van der Waals surface area contributed by atoms with Crippen LogP contribution in [0.3, 0.4) is 0 Å². The van der Waals surface area contributed by atoms with Gasteiger partial charge in [0.15, 0.2) is 0 Å². The van der Waals surface area contributed by atoms with Gasteiger partial charge < -0.3 is 9.64 Å². The van der Waals surface area contributed by atoms with Gasteiger partial charge in [-0.15, -0.1) is 0 Å². The molecule has 1 amide bonds. The Morgan fingerprint density at radius 3 is 3.00 bits per heavy atom. The quantitative estimate of drug-likeness (QED) is 0.608. The number of nitro benzene ring substituents is 1. The molecule has 0 aliphatic carbocycles. The van der Waals surface area contributed by atoms with E-state index in [0.717, 1.165) is 6.42 Å². The minimum Gasteiger partial charge on any atom is -0.490 e. The Morgan fingerprint density at radius 2 is 2.33 bits per heavy atom. The van der Waals surface area contributed by atoms with Crippen LogP contribution in [0.15, 0.2) is 18.2 Å². The lowest BCUT2D eigenvalue weighted by Crippen LogP contribution is -2.37. The van der Waals surface area contributed by atoms with Crippen LogP contribution in [0, 0.1) is 10.1 Å². The second-order valence-corrected chi connectivity index (χ2v) is 4.05. The maximum atomic E-state index is 11.9. The van der Waals surface area contributed by atoms with Crippen molar-refractivity contribution in [3.8, 4) is 5.75 Å². The van der Waals surface area contributed by atoms with Gasteiger partial charge in [0.05, 0.1) is 17.2 Å². The number of nitrogens with zero attached hydrogens (tertiary/aromatic N) is 2. The van der Waals surface area contributed by atoms with Gasteiger partial charge in [-0.2, -0.15) is 0 Å². The summed E-state index contributed by atoms with van der Waals surface area (Å²) in [6.45, 7) is 2.78. The molecule has 0 fully saturated rings. The highest BCUT2D eigenvalue weighted by Gasteiger charge is 2.25. The van der Waals surface area contributed by atoms with Crippen molar-refractivity contribution in [3.63, 3.8) is 0 Å². The van der Waals surface area contributed by atoms with Crippen LogP contribution in [0.4, 0.5) is 11.4 Å². The zero-order valence-corrected chi connectivity index (χ0v) is 10.1. The van der Waals surface area contributed by atoms with Gasteiger partial charge in [0.2, 0.25) is 5.91 Å². The largest absolute Gasteiger partial charge is 0.490 e. The third-order valence-electron chi connectivity index (χ3n) is 2.78. The molecular formula is C12H14N2O4. The summed E-state index contributed by atoms with van der Waals surface area (Å²) in [5, 5.41) is 10.8. The maximum absolute atomic E-state index is 11.9. The normalized spacial score (nSPS) is 13.7. The molecule has 1 aromatic carbocycles. The third-order valence-corrected chi connectivity index (χ3v) is 2.78. The van der Waals surface area contributed by atoms with Gasteiger partial charge in [0.1, 0.15) is 12.4 Å². The number of nitro groups is 1. The molecule has 1 aliphatic heterocycles. The summed E-state index contributed by atoms with van der Waals surface area (Å²) < 4.78 is 5.40. The predicted molar refractivity (Wildman–Crippen MR) is 65.9 cm³/mol. The van der Waals surface area contributed by atoms with E-state index in [-0.39, 0.29) is 11.6 Å². The molecule has 1 aliphatic rings. The highest BCUT2D eigenvalue weighted by atomic mass is 16.6. The number of anilines is 1. The van der Waals surface area contributed by atoms with Gasteiger partial charge in [-0.25, -0.2) is 0 Å². The van der Waals surface area contributed by atoms with Crippen molar-refractivity contribution in [1.82, 2.24) is 0 Å². The fourth-order valence-electron chi connectivity index (χ4n) is 1.93. The summed E-state index contributed by atoms with van der Waals surface area (Å²) in [5.41, 5.74) is 0.461. The molecular weight excluding hydrogens is 236 g/mol. The molecule has 1 heterocycles. The smallest absolute Gasteiger partial charge is 0.271 e. The van der Waals surface area contributed by atoms with Gasteiger partial charge in [-0.05, 0) is 12.5 Å². The van der Waals surface area contributed by atoms with Crippen molar-refractivity contribution >= 4 is 17.3 Å². The first-order chi connectivity index (χ1) is 8.63. The van der Waals surface area contributed by atoms with Gasteiger partial charge in [0.25, 0.3) is 5.69 Å². The maximum Gasteiger partial charge on any atom is 0.271 e. The van der Waals surface area contributed by atoms with Crippen LogP contribution in [-0.4, -0.2) is 24.0 Å². The molecule has 6 nitrogen and oxygen atoms in total. The number of fused-ring (bicyclic) bond motifs is 1. The van der Waals surface area contributed by atoms with Crippen molar-refractivity contribution in [1.29, 1.82) is 0 Å². The number of carbonyl (C=O) groups excluding carboxylic acids is 1. The number of amides is 1. The summed E-state index contributed by atoms with van der Waals surface area (Å²) in [6, 6.07) is 4.31. The van der Waals surface area contributed by atoms with Crippen molar-refractivity contribution in [2.45, 2.75) is 19.8 Å². The molecule has 0 saturated heterocycles. The average Bonchev–Trinajstić information content (AvgIpc) is 2.37. The van der Waals surface area contributed by atoms with Crippen LogP contribution in [0.5, 0.6) is 5.75 Å². The number of non-ortho nitro benzene ring substituents is 1. The van der Waals surface area contributed by atoms with E-state index in [9.17, 15) is 14.9 Å². The molecule has 0 spiro atoms. The molecule has 0 aromatic heterocycles. The lowest BCUT2D eigenvalue weighted by atomic mass is 10.2. The molecule has 6 heteroatoms. The number of benzene rings is 1. The van der Waals surface area contributed by atoms with Crippen LogP contribution in [0.2, 0.25) is 0 Å². The Bertz CT molecular complexity index is 487. The molecule has 0 unspecified atom stereocenters. The zero-order chi connectivity index (χ0) is 13.1. The average molecular weight is 250 g/mol. The number of carbonyl (C=O) groups is 1. The highest BCUT2D eigenvalue weighted by Crippen LogP contribution is 2.35. The first kappa shape index (κ1) is 12.3. The van der Waals surface area contributed by atoms with E-state index in [1.807, 2.05) is 6.92 Å². The van der Waals surface area contributed by atoms with E-state index in [1.165, 1.54) is 12.1 Å². The van der Waals surface area contributed by atoms with E-state index < -0.39 is 4.92 Å². The van der Waals surface area contributed by atoms with E-state index >= 15 is 0 Å². The lowest BCUT2D eigenvalue weighted by molar-refractivity contribution is -0.384. The van der Waals surface area contributed by atoms with Crippen LogP contribution >= 0.6 is 0 Å². The van der Waals surface area contributed by atoms with Crippen molar-refractivity contribution in [3.05, 3.63) is 28.3 Å². The summed E-state index contributed by atoms with van der Waals surface area (Å²) in [5.74, 6) is 0.499. The van der Waals surface area contributed by atoms with Gasteiger partial charge in [-0.3, -0.25) is 14.9 Å². The minimum atomic E-state index is -0.475. The standard InChI is InChI=1S/C12H14N2O4/c1-2-3-12(15)13-6-7-18-11-5-4-9(14(16)17)8-10(11)13/h4-5,8H,2-3,6-7H2,1H3. The summed E-state index contributed by atoms with van der Waals surface area (Å²) in [6.07, 6.45) is 1.18. The molecule has 0 bridgehead atoms. The third kappa shape index (κ3) is 2.27. The first-order valence-corrected chi connectivity index (χ1v) is 5.85. The Balaban J connectivity index is 2.37. The Hall–Kier alpha value is -2.11. The lowest BCUT2D eigenvalue weighted by Gasteiger charge is -2.29. The van der Waals surface area contributed by atoms with Crippen molar-refractivity contribution in [2.75, 3.05) is 18.1 Å². The predicted octanol–water partition coefficient (Wildman–Crippen LogP) is 2.12. The number of ether oxygens (including phenoxy) is 1. The molecule has 96 valence electrons. The van der Waals surface area contributed by atoms with Crippen molar-refractivity contribution < 1.29 is 14.5 Å².